The minimum atomic E-state index is -3.62. The molecule has 0 atom stereocenters. The van der Waals surface area contributed by atoms with Crippen molar-refractivity contribution in [3.05, 3.63) is 62.9 Å². The van der Waals surface area contributed by atoms with Gasteiger partial charge in [0.1, 0.15) is 5.65 Å². The van der Waals surface area contributed by atoms with Gasteiger partial charge >= 0.3 is 5.69 Å². The van der Waals surface area contributed by atoms with Crippen molar-refractivity contribution in [3.8, 4) is 0 Å². The summed E-state index contributed by atoms with van der Waals surface area (Å²) in [6, 6.07) is 7.05. The predicted octanol–water partition coefficient (Wildman–Crippen LogP) is 0.915. The number of fused-ring (bicyclic) bond motifs is 1. The zero-order valence-corrected chi connectivity index (χ0v) is 18.4. The molecular weight excluding hydrogens is 422 g/mol. The Labute approximate surface area is 178 Å². The van der Waals surface area contributed by atoms with E-state index in [9.17, 15) is 22.8 Å². The average Bonchev–Trinajstić information content (AvgIpc) is 2.76. The second kappa shape index (κ2) is 8.44. The van der Waals surface area contributed by atoms with Crippen LogP contribution < -0.4 is 16.6 Å². The van der Waals surface area contributed by atoms with Crippen molar-refractivity contribution in [2.24, 2.45) is 14.1 Å². The Kier molecular flexibility index (Phi) is 6.09. The number of nitrogens with one attached hydrogen (secondary N) is 1. The van der Waals surface area contributed by atoms with Crippen molar-refractivity contribution in [1.82, 2.24) is 18.4 Å². The van der Waals surface area contributed by atoms with Gasteiger partial charge in [0.05, 0.1) is 22.2 Å². The average molecular weight is 446 g/mol. The van der Waals surface area contributed by atoms with Crippen molar-refractivity contribution in [3.63, 3.8) is 0 Å². The molecule has 1 amide bonds. The number of sulfonamides is 1. The van der Waals surface area contributed by atoms with Gasteiger partial charge in [0.25, 0.3) is 11.5 Å². The molecule has 11 heteroatoms. The second-order valence-electron chi connectivity index (χ2n) is 6.87. The van der Waals surface area contributed by atoms with Crippen molar-refractivity contribution in [2.75, 3.05) is 18.4 Å². The molecule has 0 fully saturated rings. The van der Waals surface area contributed by atoms with E-state index in [1.54, 1.807) is 13.8 Å². The first-order valence-electron chi connectivity index (χ1n) is 9.59. The highest BCUT2D eigenvalue weighted by molar-refractivity contribution is 7.89. The number of benzene rings is 1. The van der Waals surface area contributed by atoms with Gasteiger partial charge in [0, 0.05) is 32.7 Å². The van der Waals surface area contributed by atoms with Gasteiger partial charge in [0.2, 0.25) is 10.0 Å². The van der Waals surface area contributed by atoms with Crippen molar-refractivity contribution >= 4 is 32.7 Å². The number of amides is 1. The number of rotatable bonds is 6. The standard InChI is InChI=1S/C20H23N5O5S/c1-5-25(6-2)31(29,30)15-9-7-13(8-10-15)18(26)22-14-11-16-17(21-12-14)23(3)20(28)24(4)19(16)27/h7-12H,5-6H2,1-4H3,(H,22,26). The lowest BCUT2D eigenvalue weighted by Crippen LogP contribution is -2.37. The van der Waals surface area contributed by atoms with Crippen LogP contribution >= 0.6 is 0 Å². The number of carbonyl (C=O) groups excluding carboxylic acids is 1. The minimum Gasteiger partial charge on any atom is -0.321 e. The van der Waals surface area contributed by atoms with E-state index in [1.165, 1.54) is 59.5 Å². The monoisotopic (exact) mass is 445 g/mol. The summed E-state index contributed by atoms with van der Waals surface area (Å²) in [4.78, 5) is 41.2. The topological polar surface area (TPSA) is 123 Å². The van der Waals surface area contributed by atoms with Crippen LogP contribution in [0.3, 0.4) is 0 Å². The van der Waals surface area contributed by atoms with Crippen LogP contribution in [0, 0.1) is 0 Å². The molecule has 164 valence electrons. The maximum absolute atomic E-state index is 12.6. The summed E-state index contributed by atoms with van der Waals surface area (Å²) in [6.07, 6.45) is 1.35. The molecule has 0 radical (unpaired) electrons. The number of carbonyl (C=O) groups is 1. The molecule has 10 nitrogen and oxygen atoms in total. The Hall–Kier alpha value is -3.31. The molecule has 3 aromatic rings. The highest BCUT2D eigenvalue weighted by Crippen LogP contribution is 2.18. The van der Waals surface area contributed by atoms with Gasteiger partial charge in [-0.05, 0) is 30.3 Å². The molecule has 0 aliphatic rings. The van der Waals surface area contributed by atoms with Crippen LogP contribution in [0.25, 0.3) is 11.0 Å². The summed E-state index contributed by atoms with van der Waals surface area (Å²) in [7, 11) is -0.749. The van der Waals surface area contributed by atoms with Crippen LogP contribution in [0.15, 0.2) is 51.0 Å². The molecule has 1 aromatic carbocycles. The van der Waals surface area contributed by atoms with Crippen molar-refractivity contribution in [2.45, 2.75) is 18.7 Å². The molecule has 0 saturated heterocycles. The molecule has 0 bridgehead atoms. The number of nitrogens with zero attached hydrogens (tertiary/aromatic N) is 4. The lowest BCUT2D eigenvalue weighted by Gasteiger charge is -2.18. The van der Waals surface area contributed by atoms with Crippen molar-refractivity contribution in [1.29, 1.82) is 0 Å². The van der Waals surface area contributed by atoms with E-state index in [4.69, 9.17) is 0 Å². The summed E-state index contributed by atoms with van der Waals surface area (Å²) in [6.45, 7) is 4.21. The SMILES string of the molecule is CCN(CC)S(=O)(=O)c1ccc(C(=O)Nc2cnc3c(c2)c(=O)n(C)c(=O)n3C)cc1. The number of aromatic nitrogens is 3. The van der Waals surface area contributed by atoms with Crippen LogP contribution in [-0.2, 0) is 24.1 Å². The van der Waals surface area contributed by atoms with Gasteiger partial charge < -0.3 is 5.32 Å². The lowest BCUT2D eigenvalue weighted by molar-refractivity contribution is 0.102. The number of anilines is 1. The zero-order valence-electron chi connectivity index (χ0n) is 17.6. The first-order valence-corrected chi connectivity index (χ1v) is 11.0. The summed E-state index contributed by atoms with van der Waals surface area (Å²) in [5, 5.41) is 2.82. The normalized spacial score (nSPS) is 11.8. The Morgan fingerprint density at radius 1 is 1.06 bits per heavy atom. The third kappa shape index (κ3) is 4.01. The van der Waals surface area contributed by atoms with E-state index >= 15 is 0 Å². The second-order valence-corrected chi connectivity index (χ2v) is 8.81. The summed E-state index contributed by atoms with van der Waals surface area (Å²) in [5.41, 5.74) is -0.300. The molecule has 1 N–H and O–H groups in total. The zero-order chi connectivity index (χ0) is 22.9. The molecule has 2 heterocycles. The third-order valence-electron chi connectivity index (χ3n) is 5.01. The molecule has 0 aliphatic carbocycles. The van der Waals surface area contributed by atoms with E-state index in [0.29, 0.717) is 13.1 Å². The molecule has 0 spiro atoms. The smallest absolute Gasteiger partial charge is 0.321 e. The van der Waals surface area contributed by atoms with Gasteiger partial charge in [-0.2, -0.15) is 4.31 Å². The number of hydrogen-bond acceptors (Lipinski definition) is 6. The largest absolute Gasteiger partial charge is 0.332 e. The van der Waals surface area contributed by atoms with Crippen molar-refractivity contribution < 1.29 is 13.2 Å². The molecule has 2 aromatic heterocycles. The molecule has 0 aliphatic heterocycles. The van der Waals surface area contributed by atoms with Gasteiger partial charge in [-0.15, -0.1) is 0 Å². The molecule has 31 heavy (non-hydrogen) atoms. The number of aryl methyl sites for hydroxylation is 1. The highest BCUT2D eigenvalue weighted by atomic mass is 32.2. The summed E-state index contributed by atoms with van der Waals surface area (Å²) < 4.78 is 28.7. The van der Waals surface area contributed by atoms with Gasteiger partial charge in [-0.25, -0.2) is 18.2 Å². The molecule has 0 unspecified atom stereocenters. The number of pyridine rings is 1. The lowest BCUT2D eigenvalue weighted by atomic mass is 10.2. The Morgan fingerprint density at radius 2 is 1.68 bits per heavy atom. The maximum Gasteiger partial charge on any atom is 0.332 e. The fourth-order valence-electron chi connectivity index (χ4n) is 3.23. The van der Waals surface area contributed by atoms with Gasteiger partial charge in [-0.3, -0.25) is 18.7 Å². The first kappa shape index (κ1) is 22.4. The van der Waals surface area contributed by atoms with Crippen LogP contribution in [0.5, 0.6) is 0 Å². The first-order chi connectivity index (χ1) is 14.6. The fourth-order valence-corrected chi connectivity index (χ4v) is 4.69. The Morgan fingerprint density at radius 3 is 2.26 bits per heavy atom. The Bertz CT molecular complexity index is 1370. The third-order valence-corrected chi connectivity index (χ3v) is 7.07. The quantitative estimate of drug-likeness (QED) is 0.602. The highest BCUT2D eigenvalue weighted by Gasteiger charge is 2.21. The van der Waals surface area contributed by atoms with E-state index in [-0.39, 0.29) is 27.2 Å². The minimum absolute atomic E-state index is 0.101. The maximum atomic E-state index is 12.6. The van der Waals surface area contributed by atoms with Crippen LogP contribution in [0.4, 0.5) is 5.69 Å². The van der Waals surface area contributed by atoms with Crippen LogP contribution in [0.2, 0.25) is 0 Å². The number of hydrogen-bond donors (Lipinski definition) is 1. The molecule has 3 rings (SSSR count). The van der Waals surface area contributed by atoms with Gasteiger partial charge in [0.15, 0.2) is 0 Å². The Balaban J connectivity index is 1.89. The van der Waals surface area contributed by atoms with E-state index < -0.39 is 27.2 Å². The van der Waals surface area contributed by atoms with Gasteiger partial charge in [-0.1, -0.05) is 13.8 Å². The van der Waals surface area contributed by atoms with E-state index in [1.807, 2.05) is 0 Å². The summed E-state index contributed by atoms with van der Waals surface area (Å²) >= 11 is 0. The molecular formula is C20H23N5O5S. The van der Waals surface area contributed by atoms with Crippen LogP contribution in [-0.4, -0.2) is 45.8 Å². The summed E-state index contributed by atoms with van der Waals surface area (Å²) in [5.74, 6) is -0.491. The molecule has 0 saturated carbocycles. The van der Waals surface area contributed by atoms with E-state index in [2.05, 4.69) is 10.3 Å². The fraction of sp³-hybridized carbons (Fsp3) is 0.300. The van der Waals surface area contributed by atoms with Crippen LogP contribution in [0.1, 0.15) is 24.2 Å². The predicted molar refractivity (Wildman–Crippen MR) is 117 cm³/mol. The van der Waals surface area contributed by atoms with E-state index in [0.717, 1.165) is 4.57 Å².